The summed E-state index contributed by atoms with van der Waals surface area (Å²) in [4.78, 5) is 10.8. The van der Waals surface area contributed by atoms with Crippen LogP contribution in [0.25, 0.3) is 112 Å². The van der Waals surface area contributed by atoms with Gasteiger partial charge in [-0.3, -0.25) is 0 Å². The average molecular weight is 1100 g/mol. The van der Waals surface area contributed by atoms with E-state index in [4.69, 9.17) is 19.1 Å². The van der Waals surface area contributed by atoms with E-state index in [0.29, 0.717) is 5.84 Å². The molecule has 0 fully saturated rings. The van der Waals surface area contributed by atoms with Crippen LogP contribution in [0.1, 0.15) is 41.6 Å². The summed E-state index contributed by atoms with van der Waals surface area (Å²) in [5, 5.41) is 13.5. The van der Waals surface area contributed by atoms with Crippen molar-refractivity contribution in [2.45, 2.75) is 24.9 Å². The Labute approximate surface area is 485 Å². The van der Waals surface area contributed by atoms with Crippen molar-refractivity contribution in [1.82, 2.24) is 9.88 Å². The number of fused-ring (bicyclic) bond motifs is 14. The molecule has 6 heterocycles. The van der Waals surface area contributed by atoms with Gasteiger partial charge in [0.25, 0.3) is 0 Å². The third-order valence-corrected chi connectivity index (χ3v) is 19.9. The van der Waals surface area contributed by atoms with Crippen LogP contribution in [0, 0.1) is 5.92 Å². The van der Waals surface area contributed by atoms with E-state index in [-0.39, 0.29) is 18.0 Å². The Kier molecular flexibility index (Phi) is 10.3. The maximum Gasteiger partial charge on any atom is 0.159 e. The standard InChI is InChI=1S/C75H48N4O2S2/c1-3-13-43(14-4-1)73-76-74(49-26-32-54-53-31-25-48(41-65(53)81-66(54)42-49)51-19-12-24-70-72(51)55-18-8-10-23-67(55)83-70)78-75(77-73)56-20-11-22-64-71(56)60-40-45(28-34-63(60)80-64)47-30-36-69-59(39-47)58-38-46(29-35-68(58)82-69)44-27-33-62-57(37-44)52-17-7-9-21-61(52)79(62)50-15-5-2-6-16-50/h1-31,33-40,42,48,54,73H,32,41H2,(H,76,77,78). The summed E-state index contributed by atoms with van der Waals surface area (Å²) >= 11 is 3.72. The number of aliphatic imine (C=N–C) groups is 2. The number of para-hydroxylation sites is 2. The lowest BCUT2D eigenvalue weighted by Gasteiger charge is -2.25. The molecule has 392 valence electrons. The molecule has 0 radical (unpaired) electrons. The molecule has 4 aromatic heterocycles. The minimum Gasteiger partial charge on any atom is -0.465 e. The van der Waals surface area contributed by atoms with Gasteiger partial charge in [0.05, 0.1) is 11.0 Å². The number of allylic oxidation sites excluding steroid dienone is 5. The number of nitrogens with one attached hydrogen (secondary N) is 1. The highest BCUT2D eigenvalue weighted by molar-refractivity contribution is 7.26. The molecule has 10 aromatic carbocycles. The maximum atomic E-state index is 6.91. The average Bonchev–Trinajstić information content (AvgIpc) is 4.50. The molecule has 3 atom stereocenters. The fraction of sp³-hybridized carbons (Fsp3) is 0.0667. The number of furan rings is 1. The van der Waals surface area contributed by atoms with Gasteiger partial charge in [-0.1, -0.05) is 152 Å². The van der Waals surface area contributed by atoms with Gasteiger partial charge in [-0.25, -0.2) is 9.98 Å². The molecule has 6 nitrogen and oxygen atoms in total. The molecule has 14 aromatic rings. The number of nitrogens with zero attached hydrogens (tertiary/aromatic N) is 3. The minimum atomic E-state index is -0.368. The first-order valence-corrected chi connectivity index (χ1v) is 30.1. The second-order valence-electron chi connectivity index (χ2n) is 22.3. The third-order valence-electron chi connectivity index (χ3n) is 17.6. The van der Waals surface area contributed by atoms with Crippen LogP contribution < -0.4 is 5.32 Å². The predicted octanol–water partition coefficient (Wildman–Crippen LogP) is 20.1. The first-order valence-electron chi connectivity index (χ1n) is 28.5. The monoisotopic (exact) mass is 1100 g/mol. The van der Waals surface area contributed by atoms with Crippen molar-refractivity contribution in [2.75, 3.05) is 0 Å². The molecule has 8 heteroatoms. The summed E-state index contributed by atoms with van der Waals surface area (Å²) in [7, 11) is 0. The van der Waals surface area contributed by atoms with Crippen LogP contribution >= 0.6 is 22.7 Å². The zero-order chi connectivity index (χ0) is 54.3. The van der Waals surface area contributed by atoms with Gasteiger partial charge >= 0.3 is 0 Å². The van der Waals surface area contributed by atoms with Crippen molar-refractivity contribution < 1.29 is 9.15 Å². The normalized spacial score (nSPS) is 17.8. The van der Waals surface area contributed by atoms with Gasteiger partial charge in [-0.15, -0.1) is 22.7 Å². The second-order valence-corrected chi connectivity index (χ2v) is 24.4. The largest absolute Gasteiger partial charge is 0.465 e. The molecule has 1 N–H and O–H groups in total. The van der Waals surface area contributed by atoms with Crippen molar-refractivity contribution >= 4 is 118 Å². The molecule has 3 unspecified atom stereocenters. The lowest BCUT2D eigenvalue weighted by atomic mass is 9.82. The van der Waals surface area contributed by atoms with Gasteiger partial charge in [0.1, 0.15) is 34.7 Å². The van der Waals surface area contributed by atoms with Gasteiger partial charge in [0.15, 0.2) is 5.84 Å². The van der Waals surface area contributed by atoms with Crippen molar-refractivity contribution in [3.8, 4) is 27.9 Å². The highest BCUT2D eigenvalue weighted by Gasteiger charge is 2.37. The van der Waals surface area contributed by atoms with Crippen molar-refractivity contribution in [3.05, 3.63) is 282 Å². The van der Waals surface area contributed by atoms with Gasteiger partial charge in [-0.2, -0.15) is 0 Å². The number of amidine groups is 2. The number of hydrogen-bond acceptors (Lipinski definition) is 7. The number of hydrogen-bond donors (Lipinski definition) is 1. The van der Waals surface area contributed by atoms with Crippen molar-refractivity contribution in [1.29, 1.82) is 0 Å². The van der Waals surface area contributed by atoms with Crippen molar-refractivity contribution in [2.24, 2.45) is 15.9 Å². The molecule has 2 aliphatic carbocycles. The molecular formula is C75H48N4O2S2. The number of thiophene rings is 2. The van der Waals surface area contributed by atoms with Crippen molar-refractivity contribution in [3.63, 3.8) is 0 Å². The molecule has 18 rings (SSSR count). The highest BCUT2D eigenvalue weighted by atomic mass is 32.1. The topological polar surface area (TPSA) is 64.0 Å². The molecule has 0 saturated heterocycles. The van der Waals surface area contributed by atoms with E-state index in [1.807, 2.05) is 28.7 Å². The Morgan fingerprint density at radius 2 is 1.19 bits per heavy atom. The Morgan fingerprint density at radius 3 is 2.02 bits per heavy atom. The van der Waals surface area contributed by atoms with E-state index in [1.165, 1.54) is 84.4 Å². The van der Waals surface area contributed by atoms with Gasteiger partial charge in [0.2, 0.25) is 0 Å². The predicted molar refractivity (Wildman–Crippen MR) is 346 cm³/mol. The minimum absolute atomic E-state index is 0.165. The molecule has 0 amide bonds. The molecule has 4 aliphatic rings. The Bertz CT molecular complexity index is 5300. The molecular weight excluding hydrogens is 1050 g/mol. The summed E-state index contributed by atoms with van der Waals surface area (Å²) in [6.07, 6.45) is 10.5. The van der Waals surface area contributed by atoms with Gasteiger partial charge in [-0.05, 0) is 131 Å². The van der Waals surface area contributed by atoms with Crippen LogP contribution in [0.2, 0.25) is 0 Å². The van der Waals surface area contributed by atoms with E-state index in [9.17, 15) is 0 Å². The number of rotatable bonds is 7. The smallest absolute Gasteiger partial charge is 0.159 e. The zero-order valence-corrected chi connectivity index (χ0v) is 46.3. The SMILES string of the molecule is C1=CC(c2cccc3sc4ccccc4c23)CC2=C1C1CC=C(C3=NC(c4ccccc4)NC(c4cccc5oc6ccc(-c7ccc8sc9ccc(-c%10ccc%11c(c%10)c%10ccccc%10n%11-c%10ccccc%10)cc9c8c7)cc6c45)=N3)C=C1O2. The zero-order valence-electron chi connectivity index (χ0n) is 44.7. The molecule has 0 bridgehead atoms. The van der Waals surface area contributed by atoms with E-state index < -0.39 is 0 Å². The third kappa shape index (κ3) is 7.46. The summed E-state index contributed by atoms with van der Waals surface area (Å²) < 4.78 is 21.2. The lowest BCUT2D eigenvalue weighted by Crippen LogP contribution is -2.34. The van der Waals surface area contributed by atoms with Crippen LogP contribution in [-0.4, -0.2) is 16.2 Å². The summed E-state index contributed by atoms with van der Waals surface area (Å²) in [6, 6.07) is 79.1. The Morgan fingerprint density at radius 1 is 0.530 bits per heavy atom. The quantitative estimate of drug-likeness (QED) is 0.173. The number of ether oxygens (including phenoxy) is 1. The fourth-order valence-corrected chi connectivity index (χ4v) is 15.9. The fourth-order valence-electron chi connectivity index (χ4n) is 13.7. The number of aromatic nitrogens is 1. The van der Waals surface area contributed by atoms with Crippen LogP contribution in [0.3, 0.4) is 0 Å². The van der Waals surface area contributed by atoms with Crippen LogP contribution in [0.4, 0.5) is 0 Å². The van der Waals surface area contributed by atoms with E-state index in [1.54, 1.807) is 0 Å². The van der Waals surface area contributed by atoms with E-state index in [2.05, 4.69) is 247 Å². The number of benzene rings is 10. The molecule has 2 aliphatic heterocycles. The first kappa shape index (κ1) is 46.8. The maximum absolute atomic E-state index is 6.91. The van der Waals surface area contributed by atoms with Crippen LogP contribution in [-0.2, 0) is 4.74 Å². The van der Waals surface area contributed by atoms with E-state index >= 15 is 0 Å². The summed E-state index contributed by atoms with van der Waals surface area (Å²) in [5.74, 6) is 3.86. The highest BCUT2D eigenvalue weighted by Crippen LogP contribution is 2.50. The Hall–Kier alpha value is -9.86. The van der Waals surface area contributed by atoms with Gasteiger partial charge in [0, 0.05) is 103 Å². The summed E-state index contributed by atoms with van der Waals surface area (Å²) in [5.41, 5.74) is 15.5. The van der Waals surface area contributed by atoms with Crippen LogP contribution in [0.15, 0.2) is 280 Å². The summed E-state index contributed by atoms with van der Waals surface area (Å²) in [6.45, 7) is 0. The van der Waals surface area contributed by atoms with Gasteiger partial charge < -0.3 is 19.0 Å². The van der Waals surface area contributed by atoms with E-state index in [0.717, 1.165) is 85.6 Å². The lowest BCUT2D eigenvalue weighted by molar-refractivity contribution is 0.288. The Balaban J connectivity index is 0.681. The molecule has 0 saturated carbocycles. The molecule has 83 heavy (non-hydrogen) atoms. The molecule has 0 spiro atoms. The first-order chi connectivity index (χ1) is 41.1. The van der Waals surface area contributed by atoms with Crippen LogP contribution in [0.5, 0.6) is 0 Å². The second kappa shape index (κ2) is 18.3.